The first-order chi connectivity index (χ1) is 68.6. The highest BCUT2D eigenvalue weighted by molar-refractivity contribution is 9.10. The third-order valence-electron chi connectivity index (χ3n) is 28.6. The number of nitrogens with zero attached hydrogens (tertiary/aromatic N) is 2. The van der Waals surface area contributed by atoms with Crippen molar-refractivity contribution in [3.05, 3.63) is 614 Å². The molecule has 0 aliphatic heterocycles. The molecule has 23 rings (SSSR count). The van der Waals surface area contributed by atoms with Gasteiger partial charge in [0.15, 0.2) is 0 Å². The Morgan fingerprint density at radius 3 is 0.771 bits per heavy atom. The summed E-state index contributed by atoms with van der Waals surface area (Å²) < 4.78 is 1.10. The van der Waals surface area contributed by atoms with Crippen LogP contribution in [0.15, 0.2) is 497 Å². The van der Waals surface area contributed by atoms with E-state index in [1.54, 1.807) is 0 Å². The van der Waals surface area contributed by atoms with Crippen molar-refractivity contribution in [1.82, 2.24) is 0 Å². The van der Waals surface area contributed by atoms with Crippen LogP contribution in [0, 0.1) is 41.5 Å². The fraction of sp³-hybridized carbons (Fsp3) is 0.0667. The van der Waals surface area contributed by atoms with Gasteiger partial charge in [-0.25, -0.2) is 0 Å². The lowest BCUT2D eigenvalue weighted by Crippen LogP contribution is -2.30. The molecule has 20 aromatic carbocycles. The van der Waals surface area contributed by atoms with Gasteiger partial charge in [-0.1, -0.05) is 410 Å². The van der Waals surface area contributed by atoms with Crippen LogP contribution in [0.1, 0.15) is 117 Å². The van der Waals surface area contributed by atoms with Crippen LogP contribution >= 0.6 is 15.9 Å². The molecule has 3 unspecified atom stereocenters. The number of fused-ring (bicyclic) bond motifs is 9. The maximum Gasteiger partial charge on any atom is 0.0716 e. The molecule has 0 radical (unpaired) electrons. The predicted molar refractivity (Wildman–Crippen MR) is 597 cm³/mol. The number of hydrogen-bond acceptors (Lipinski definition) is 4. The van der Waals surface area contributed by atoms with Gasteiger partial charge < -0.3 is 20.4 Å². The molecule has 0 saturated carbocycles. The van der Waals surface area contributed by atoms with E-state index in [1.807, 2.05) is 54.6 Å². The molecule has 0 heterocycles. The van der Waals surface area contributed by atoms with Crippen LogP contribution in [0.25, 0.3) is 73.9 Å². The quantitative estimate of drug-likeness (QED) is 0.0751. The molecule has 0 bridgehead atoms. The van der Waals surface area contributed by atoms with Crippen LogP contribution in [0.2, 0.25) is 0 Å². The summed E-state index contributed by atoms with van der Waals surface area (Å²) in [5.74, 6) is 0. The SMILES string of the molecule is C=Cc1ccc(C2(c3cc(C)ccc3C)c3ccccc3-c3ccc(Br)cc32)cc1.C=Cc1ccc(C2(c3cc(C)ccc3C)c3ccccc3-c3ccc(N(c4ccccc4)c4ccc(-c5ccc(N(c6ccccc6)c6ccc7c(c6)C(c6ccc(C=C)cc6)(c6cc(C)ccc6C)c6ccccc6-7)cc5)cc4)cc32)cc1.c1ccc(Nc2ccc(-c3ccc(Nc4ccccc4)cc3)cc2)cc1. The highest BCUT2D eigenvalue weighted by atomic mass is 79.9. The molecule has 0 spiro atoms. The number of anilines is 10. The highest BCUT2D eigenvalue weighted by Crippen LogP contribution is 2.62. The van der Waals surface area contributed by atoms with Crippen LogP contribution in [-0.2, 0) is 16.2 Å². The number of benzene rings is 20. The number of aryl methyl sites for hydroxylation is 6. The van der Waals surface area contributed by atoms with E-state index >= 15 is 0 Å². The van der Waals surface area contributed by atoms with Gasteiger partial charge in [-0.3, -0.25) is 0 Å². The Morgan fingerprint density at radius 1 is 0.207 bits per heavy atom. The zero-order valence-electron chi connectivity index (χ0n) is 79.7. The number of rotatable bonds is 21. The monoisotopic (exact) mass is 1860 g/mol. The van der Waals surface area contributed by atoms with Gasteiger partial charge in [0.05, 0.1) is 16.2 Å². The van der Waals surface area contributed by atoms with E-state index in [9.17, 15) is 0 Å². The van der Waals surface area contributed by atoms with Crippen LogP contribution < -0.4 is 20.4 Å². The second-order valence-corrected chi connectivity index (χ2v) is 38.0. The van der Waals surface area contributed by atoms with Crippen molar-refractivity contribution in [3.8, 4) is 55.6 Å². The average Bonchev–Trinajstić information content (AvgIpc) is 1.54. The minimum atomic E-state index is -0.567. The van der Waals surface area contributed by atoms with Gasteiger partial charge in [-0.05, 0) is 331 Å². The normalized spacial score (nSPS) is 14.7. The largest absolute Gasteiger partial charge is 0.356 e. The highest BCUT2D eigenvalue weighted by Gasteiger charge is 2.51. The van der Waals surface area contributed by atoms with Crippen LogP contribution in [0.3, 0.4) is 0 Å². The van der Waals surface area contributed by atoms with E-state index in [4.69, 9.17) is 0 Å². The molecule has 0 aromatic heterocycles. The number of halogens is 1. The lowest BCUT2D eigenvalue weighted by Gasteiger charge is -2.36. The molecule has 0 fully saturated rings. The molecule has 4 nitrogen and oxygen atoms in total. The lowest BCUT2D eigenvalue weighted by molar-refractivity contribution is 0.759. The molecule has 0 saturated heterocycles. The van der Waals surface area contributed by atoms with E-state index in [2.05, 4.69) is 534 Å². The van der Waals surface area contributed by atoms with Crippen molar-refractivity contribution < 1.29 is 0 Å². The first-order valence-corrected chi connectivity index (χ1v) is 49.0. The topological polar surface area (TPSA) is 30.5 Å². The van der Waals surface area contributed by atoms with E-state index in [0.717, 1.165) is 89.2 Å². The third kappa shape index (κ3) is 16.5. The fourth-order valence-corrected chi connectivity index (χ4v) is 22.2. The zero-order valence-corrected chi connectivity index (χ0v) is 81.2. The van der Waals surface area contributed by atoms with E-state index in [-0.39, 0.29) is 5.41 Å². The van der Waals surface area contributed by atoms with E-state index < -0.39 is 10.8 Å². The molecule has 20 aromatic rings. The summed E-state index contributed by atoms with van der Waals surface area (Å²) in [7, 11) is 0. The van der Waals surface area contributed by atoms with Gasteiger partial charge in [0.1, 0.15) is 0 Å². The van der Waals surface area contributed by atoms with Crippen molar-refractivity contribution in [2.45, 2.75) is 57.8 Å². The Morgan fingerprint density at radius 2 is 0.457 bits per heavy atom. The van der Waals surface area contributed by atoms with E-state index in [0.29, 0.717) is 0 Å². The maximum absolute atomic E-state index is 4.10. The summed E-state index contributed by atoms with van der Waals surface area (Å²) in [5, 5.41) is 6.82. The summed E-state index contributed by atoms with van der Waals surface area (Å²) in [6.45, 7) is 25.5. The molecule has 140 heavy (non-hydrogen) atoms. The number of para-hydroxylation sites is 4. The number of hydrogen-bond donors (Lipinski definition) is 2. The Bertz CT molecular complexity index is 7620. The van der Waals surface area contributed by atoms with Crippen molar-refractivity contribution >= 4 is 91.0 Å². The second-order valence-electron chi connectivity index (χ2n) is 37.0. The molecule has 2 N–H and O–H groups in total. The molecule has 3 aliphatic carbocycles. The summed E-state index contributed by atoms with van der Waals surface area (Å²) in [5.41, 5.74) is 48.1. The van der Waals surface area contributed by atoms with Gasteiger partial charge in [0.25, 0.3) is 0 Å². The smallest absolute Gasteiger partial charge is 0.0716 e. The summed E-state index contributed by atoms with van der Waals surface area (Å²) in [4.78, 5) is 4.81. The lowest BCUT2D eigenvalue weighted by atomic mass is 9.66. The van der Waals surface area contributed by atoms with Crippen molar-refractivity contribution in [3.63, 3.8) is 0 Å². The average molecular weight is 1870 g/mol. The van der Waals surface area contributed by atoms with Gasteiger partial charge in [0, 0.05) is 61.3 Å². The van der Waals surface area contributed by atoms with Crippen molar-refractivity contribution in [2.24, 2.45) is 0 Å². The standard InChI is InChI=1S/C82H64N2.C29H23Br.C24H20N2/c1-7-59-31-39-63(40-32-59)81(77-51-55(3)27-29-57(77)5)75-25-17-15-23-71(75)73-49-47-69(53-79(73)81)83(65-19-11-9-12-20-65)67-43-35-61(36-44-67)62-37-45-68(46-38-62)84(66-21-13-10-14-22-66)70-48-50-74-72-24-16-18-26-76(72)82(80(74)54-70,64-41-33-60(8-2)34-42-64)78-52-56(4)28-30-58(78)6;1-4-21-11-13-22(14-12-21)29(27-17-19(2)9-10-20(27)3)26-8-6-5-7-24(26)25-16-15-23(30)18-28(25)29;1-3-7-21(8-4-1)25-23-15-11-19(12-16-23)20-13-17-24(18-14-20)26-22-9-5-2-6-10-22/h7-54H,1-2H2,3-6H3;4-18H,1H2,2-3H3;1-18,25-26H. The van der Waals surface area contributed by atoms with Crippen LogP contribution in [-0.4, -0.2) is 0 Å². The molecular formula is C135H107BrN4. The summed E-state index contributed by atoms with van der Waals surface area (Å²) in [6, 6.07) is 173. The fourth-order valence-electron chi connectivity index (χ4n) is 21.9. The predicted octanol–water partition coefficient (Wildman–Crippen LogP) is 36.5. The minimum Gasteiger partial charge on any atom is -0.356 e. The second kappa shape index (κ2) is 38.5. The molecule has 0 amide bonds. The van der Waals surface area contributed by atoms with Gasteiger partial charge in [-0.15, -0.1) is 0 Å². The Hall–Kier alpha value is -16.7. The zero-order chi connectivity index (χ0) is 95.6. The molecule has 3 atom stereocenters. The van der Waals surface area contributed by atoms with Crippen molar-refractivity contribution in [1.29, 1.82) is 0 Å². The van der Waals surface area contributed by atoms with Gasteiger partial charge >= 0.3 is 0 Å². The minimum absolute atomic E-state index is 0.356. The Kier molecular flexibility index (Phi) is 24.7. The van der Waals surface area contributed by atoms with Gasteiger partial charge in [0.2, 0.25) is 0 Å². The Balaban J connectivity index is 0.000000167. The number of nitrogens with one attached hydrogen (secondary N) is 2. The van der Waals surface area contributed by atoms with E-state index in [1.165, 1.54) is 145 Å². The van der Waals surface area contributed by atoms with Crippen LogP contribution in [0.5, 0.6) is 0 Å². The first kappa shape index (κ1) is 89.8. The summed E-state index contributed by atoms with van der Waals surface area (Å²) in [6.07, 6.45) is 5.76. The molecular weight excluding hydrogens is 1760 g/mol. The third-order valence-corrected chi connectivity index (χ3v) is 29.0. The maximum atomic E-state index is 4.10. The molecule has 674 valence electrons. The van der Waals surface area contributed by atoms with Crippen LogP contribution in [0.4, 0.5) is 56.9 Å². The first-order valence-electron chi connectivity index (χ1n) is 48.2. The van der Waals surface area contributed by atoms with Crippen molar-refractivity contribution in [2.75, 3.05) is 20.4 Å². The summed E-state index contributed by atoms with van der Waals surface area (Å²) >= 11 is 3.75. The Labute approximate surface area is 832 Å². The molecule has 5 heteroatoms. The molecule has 3 aliphatic rings. The van der Waals surface area contributed by atoms with Gasteiger partial charge in [-0.2, -0.15) is 0 Å².